The van der Waals surface area contributed by atoms with Crippen LogP contribution in [-0.2, 0) is 0 Å². The molecule has 4 aromatic rings. The van der Waals surface area contributed by atoms with Crippen molar-refractivity contribution in [1.82, 2.24) is 15.0 Å². The summed E-state index contributed by atoms with van der Waals surface area (Å²) < 4.78 is 5.23. The van der Waals surface area contributed by atoms with Crippen molar-refractivity contribution in [1.29, 1.82) is 0 Å². The predicted octanol–water partition coefficient (Wildman–Crippen LogP) is 4.37. The second kappa shape index (κ2) is 6.08. The molecule has 0 N–H and O–H groups in total. The number of pyridine rings is 3. The lowest BCUT2D eigenvalue weighted by atomic mass is 9.98. The fourth-order valence-electron chi connectivity index (χ4n) is 2.81. The van der Waals surface area contributed by atoms with E-state index in [4.69, 9.17) is 4.74 Å². The molecular formula is C20H15N3O. The van der Waals surface area contributed by atoms with E-state index in [2.05, 4.69) is 27.1 Å². The average molecular weight is 313 g/mol. The average Bonchev–Trinajstić information content (AvgIpc) is 2.68. The summed E-state index contributed by atoms with van der Waals surface area (Å²) in [7, 11) is 1.62. The van der Waals surface area contributed by atoms with Crippen LogP contribution in [0.5, 0.6) is 5.88 Å². The van der Waals surface area contributed by atoms with E-state index in [-0.39, 0.29) is 0 Å². The van der Waals surface area contributed by atoms with E-state index in [1.54, 1.807) is 25.7 Å². The van der Waals surface area contributed by atoms with Gasteiger partial charge in [-0.3, -0.25) is 9.97 Å². The van der Waals surface area contributed by atoms with Crippen molar-refractivity contribution < 1.29 is 4.74 Å². The molecule has 0 aliphatic carbocycles. The first-order chi connectivity index (χ1) is 11.8. The van der Waals surface area contributed by atoms with Crippen LogP contribution in [0.2, 0.25) is 0 Å². The van der Waals surface area contributed by atoms with Crippen LogP contribution in [0, 0.1) is 0 Å². The van der Waals surface area contributed by atoms with Gasteiger partial charge in [-0.05, 0) is 58.7 Å². The Morgan fingerprint density at radius 2 is 1.46 bits per heavy atom. The maximum absolute atomic E-state index is 5.23. The monoisotopic (exact) mass is 313 g/mol. The van der Waals surface area contributed by atoms with Gasteiger partial charge in [-0.2, -0.15) is 0 Å². The van der Waals surface area contributed by atoms with E-state index in [1.165, 1.54) is 0 Å². The Kier molecular flexibility index (Phi) is 3.63. The van der Waals surface area contributed by atoms with Gasteiger partial charge in [0.25, 0.3) is 0 Å². The molecular weight excluding hydrogens is 298 g/mol. The van der Waals surface area contributed by atoms with E-state index in [9.17, 15) is 0 Å². The number of aromatic nitrogens is 3. The highest BCUT2D eigenvalue weighted by Gasteiger charge is 2.07. The zero-order chi connectivity index (χ0) is 16.4. The van der Waals surface area contributed by atoms with Crippen LogP contribution in [0.1, 0.15) is 0 Å². The lowest BCUT2D eigenvalue weighted by Crippen LogP contribution is -1.89. The second-order valence-electron chi connectivity index (χ2n) is 5.41. The van der Waals surface area contributed by atoms with Gasteiger partial charge in [0.05, 0.1) is 12.6 Å². The zero-order valence-corrected chi connectivity index (χ0v) is 13.2. The molecule has 0 aliphatic heterocycles. The number of rotatable bonds is 3. The number of hydrogen-bond donors (Lipinski definition) is 0. The first-order valence-corrected chi connectivity index (χ1v) is 7.65. The summed E-state index contributed by atoms with van der Waals surface area (Å²) in [6.45, 7) is 0. The number of ether oxygens (including phenoxy) is 1. The zero-order valence-electron chi connectivity index (χ0n) is 13.2. The first kappa shape index (κ1) is 14.3. The molecule has 0 fully saturated rings. The molecule has 1 aromatic carbocycles. The van der Waals surface area contributed by atoms with Gasteiger partial charge < -0.3 is 4.74 Å². The normalized spacial score (nSPS) is 10.7. The molecule has 0 atom stereocenters. The summed E-state index contributed by atoms with van der Waals surface area (Å²) in [5.41, 5.74) is 5.40. The molecule has 4 nitrogen and oxygen atoms in total. The number of methoxy groups -OCH3 is 1. The van der Waals surface area contributed by atoms with Crippen LogP contribution in [-0.4, -0.2) is 22.1 Å². The van der Waals surface area contributed by atoms with Crippen molar-refractivity contribution in [3.8, 4) is 28.1 Å². The highest BCUT2D eigenvalue weighted by Crippen LogP contribution is 2.31. The van der Waals surface area contributed by atoms with Gasteiger partial charge in [-0.25, -0.2) is 4.98 Å². The highest BCUT2D eigenvalue weighted by molar-refractivity contribution is 5.96. The molecule has 0 radical (unpaired) electrons. The van der Waals surface area contributed by atoms with Gasteiger partial charge in [0, 0.05) is 36.2 Å². The Morgan fingerprint density at radius 3 is 2.29 bits per heavy atom. The third-order valence-electron chi connectivity index (χ3n) is 4.01. The molecule has 0 saturated carbocycles. The summed E-state index contributed by atoms with van der Waals surface area (Å²) in [5, 5.41) is 1.11. The van der Waals surface area contributed by atoms with Crippen LogP contribution in [0.3, 0.4) is 0 Å². The standard InChI is InChI=1S/C20H15N3O/c1-24-20-13-16(6-10-23-20)15-2-3-19-18(12-15)17(7-11-22-19)14-4-8-21-9-5-14/h2-13H,1H3. The maximum atomic E-state index is 5.23. The molecule has 0 bridgehead atoms. The number of nitrogens with zero attached hydrogens (tertiary/aromatic N) is 3. The predicted molar refractivity (Wildman–Crippen MR) is 94.8 cm³/mol. The van der Waals surface area contributed by atoms with E-state index in [0.717, 1.165) is 33.2 Å². The van der Waals surface area contributed by atoms with Crippen molar-refractivity contribution in [3.63, 3.8) is 0 Å². The molecule has 0 unspecified atom stereocenters. The fourth-order valence-corrected chi connectivity index (χ4v) is 2.81. The molecule has 4 rings (SSSR count). The van der Waals surface area contributed by atoms with Gasteiger partial charge >= 0.3 is 0 Å². The van der Waals surface area contributed by atoms with Crippen molar-refractivity contribution in [3.05, 3.63) is 73.3 Å². The summed E-state index contributed by atoms with van der Waals surface area (Å²) >= 11 is 0. The maximum Gasteiger partial charge on any atom is 0.213 e. The molecule has 24 heavy (non-hydrogen) atoms. The summed E-state index contributed by atoms with van der Waals surface area (Å²) in [6.07, 6.45) is 7.21. The van der Waals surface area contributed by atoms with Crippen molar-refractivity contribution in [2.24, 2.45) is 0 Å². The van der Waals surface area contributed by atoms with Gasteiger partial charge in [0.1, 0.15) is 0 Å². The Morgan fingerprint density at radius 1 is 0.708 bits per heavy atom. The minimum atomic E-state index is 0.605. The SMILES string of the molecule is COc1cc(-c2ccc3nccc(-c4ccncc4)c3c2)ccn1. The molecule has 3 aromatic heterocycles. The number of fused-ring (bicyclic) bond motifs is 1. The molecule has 116 valence electrons. The smallest absolute Gasteiger partial charge is 0.213 e. The minimum Gasteiger partial charge on any atom is -0.481 e. The molecule has 0 aliphatic rings. The van der Waals surface area contributed by atoms with Gasteiger partial charge in [0.2, 0.25) is 5.88 Å². The molecule has 0 spiro atoms. The Hall–Kier alpha value is -3.27. The van der Waals surface area contributed by atoms with Gasteiger partial charge in [-0.1, -0.05) is 6.07 Å². The van der Waals surface area contributed by atoms with Crippen LogP contribution >= 0.6 is 0 Å². The van der Waals surface area contributed by atoms with Crippen LogP contribution in [0.15, 0.2) is 73.3 Å². The quantitative estimate of drug-likeness (QED) is 0.563. The molecule has 3 heterocycles. The Labute approximate surface area is 139 Å². The fraction of sp³-hybridized carbons (Fsp3) is 0.0500. The minimum absolute atomic E-state index is 0.605. The molecule has 4 heteroatoms. The summed E-state index contributed by atoms with van der Waals surface area (Å²) in [5.74, 6) is 0.605. The van der Waals surface area contributed by atoms with Crippen molar-refractivity contribution in [2.75, 3.05) is 7.11 Å². The Bertz CT molecular complexity index is 1000. The van der Waals surface area contributed by atoms with Gasteiger partial charge in [-0.15, -0.1) is 0 Å². The Balaban J connectivity index is 1.91. The third kappa shape index (κ3) is 2.58. The number of hydrogen-bond acceptors (Lipinski definition) is 4. The van der Waals surface area contributed by atoms with Crippen LogP contribution in [0.25, 0.3) is 33.2 Å². The van der Waals surface area contributed by atoms with E-state index < -0.39 is 0 Å². The summed E-state index contributed by atoms with van der Waals surface area (Å²) in [4.78, 5) is 12.8. The lowest BCUT2D eigenvalue weighted by Gasteiger charge is -2.09. The van der Waals surface area contributed by atoms with E-state index in [0.29, 0.717) is 5.88 Å². The van der Waals surface area contributed by atoms with Crippen molar-refractivity contribution >= 4 is 10.9 Å². The largest absolute Gasteiger partial charge is 0.481 e. The van der Waals surface area contributed by atoms with Gasteiger partial charge in [0.15, 0.2) is 0 Å². The second-order valence-corrected chi connectivity index (χ2v) is 5.41. The third-order valence-corrected chi connectivity index (χ3v) is 4.01. The first-order valence-electron chi connectivity index (χ1n) is 7.65. The van der Waals surface area contributed by atoms with E-state index in [1.807, 2.05) is 42.6 Å². The highest BCUT2D eigenvalue weighted by atomic mass is 16.5. The number of benzene rings is 1. The molecule has 0 saturated heterocycles. The summed E-state index contributed by atoms with van der Waals surface area (Å²) in [6, 6.07) is 16.2. The molecule has 0 amide bonds. The topological polar surface area (TPSA) is 47.9 Å². The van der Waals surface area contributed by atoms with Crippen LogP contribution < -0.4 is 4.74 Å². The van der Waals surface area contributed by atoms with Crippen molar-refractivity contribution in [2.45, 2.75) is 0 Å². The van der Waals surface area contributed by atoms with Crippen LogP contribution in [0.4, 0.5) is 0 Å². The van der Waals surface area contributed by atoms with E-state index >= 15 is 0 Å². The lowest BCUT2D eigenvalue weighted by molar-refractivity contribution is 0.398.